The van der Waals surface area contributed by atoms with Crippen LogP contribution in [0.25, 0.3) is 0 Å². The zero-order chi connectivity index (χ0) is 38.9. The zero-order valence-corrected chi connectivity index (χ0v) is 33.1. The number of hydrogen-bond donors (Lipinski definition) is 4. The van der Waals surface area contributed by atoms with E-state index in [0.29, 0.717) is 23.0 Å². The van der Waals surface area contributed by atoms with Crippen molar-refractivity contribution in [3.63, 3.8) is 0 Å². The predicted octanol–water partition coefficient (Wildman–Crippen LogP) is 4.95. The molecule has 10 atom stereocenters. The SMILES string of the molecule is C/C(=C\C=C\[C@@H](C)/C=C/CC(C)C)[C@H]1[C@@H](O)[C@@H]2[C@H](CS(=O)(=O)CCN2CC2=C[C@H](O)[C@H](/C(C)=C/C=C/[C@@H](C)/C=C/CC(C)C)[C@@H](O)C2=O)C(=O)[C@@H]1O. The first-order chi connectivity index (χ1) is 24.3. The van der Waals surface area contributed by atoms with Gasteiger partial charge in [0.2, 0.25) is 0 Å². The van der Waals surface area contributed by atoms with Gasteiger partial charge in [-0.05, 0) is 56.4 Å². The zero-order valence-electron chi connectivity index (χ0n) is 32.3. The van der Waals surface area contributed by atoms with Gasteiger partial charge in [0, 0.05) is 36.5 Å². The molecule has 4 N–H and O–H groups in total. The van der Waals surface area contributed by atoms with Crippen LogP contribution in [0.1, 0.15) is 68.2 Å². The van der Waals surface area contributed by atoms with Crippen LogP contribution in [0.2, 0.25) is 0 Å². The number of aliphatic hydroxyl groups is 4. The Hall–Kier alpha value is -2.73. The fourth-order valence-electron chi connectivity index (χ4n) is 7.36. The van der Waals surface area contributed by atoms with Crippen LogP contribution in [0.15, 0.2) is 83.6 Å². The Balaban J connectivity index is 1.86. The van der Waals surface area contributed by atoms with Gasteiger partial charge in [-0.1, -0.05) is 113 Å². The molecule has 0 amide bonds. The van der Waals surface area contributed by atoms with Crippen LogP contribution < -0.4 is 0 Å². The molecule has 1 saturated heterocycles. The molecule has 2 aliphatic carbocycles. The first kappa shape index (κ1) is 43.7. The van der Waals surface area contributed by atoms with Crippen LogP contribution in [-0.4, -0.2) is 100 Å². The molecule has 3 rings (SSSR count). The van der Waals surface area contributed by atoms with E-state index in [1.165, 1.54) is 6.08 Å². The number of carbonyl (C=O) groups excluding carboxylic acids is 2. The molecule has 0 unspecified atom stereocenters. The van der Waals surface area contributed by atoms with Gasteiger partial charge in [-0.2, -0.15) is 0 Å². The molecule has 0 radical (unpaired) electrons. The van der Waals surface area contributed by atoms with Crippen LogP contribution in [0.5, 0.6) is 0 Å². The molecule has 290 valence electrons. The third kappa shape index (κ3) is 11.9. The van der Waals surface area contributed by atoms with E-state index < -0.39 is 75.4 Å². The van der Waals surface area contributed by atoms with Crippen LogP contribution >= 0.6 is 0 Å². The highest BCUT2D eigenvalue weighted by atomic mass is 32.2. The van der Waals surface area contributed by atoms with Crippen molar-refractivity contribution in [3.05, 3.63) is 83.6 Å². The first-order valence-electron chi connectivity index (χ1n) is 18.8. The lowest BCUT2D eigenvalue weighted by Crippen LogP contribution is -2.63. The monoisotopic (exact) mass is 741 g/mol. The Kier molecular flexibility index (Phi) is 16.4. The molecule has 1 aliphatic heterocycles. The van der Waals surface area contributed by atoms with Crippen molar-refractivity contribution in [1.82, 2.24) is 4.90 Å². The van der Waals surface area contributed by atoms with E-state index in [4.69, 9.17) is 0 Å². The molecule has 9 nitrogen and oxygen atoms in total. The third-order valence-corrected chi connectivity index (χ3v) is 12.1. The molecule has 10 heteroatoms. The average Bonchev–Trinajstić information content (AvgIpc) is 3.17. The van der Waals surface area contributed by atoms with Gasteiger partial charge < -0.3 is 20.4 Å². The maximum atomic E-state index is 13.7. The Morgan fingerprint density at radius 1 is 0.808 bits per heavy atom. The number of carbonyl (C=O) groups is 2. The fraction of sp³-hybridized carbons (Fsp3) is 0.619. The van der Waals surface area contributed by atoms with E-state index in [2.05, 4.69) is 58.9 Å². The van der Waals surface area contributed by atoms with Gasteiger partial charge >= 0.3 is 0 Å². The molecule has 0 bridgehead atoms. The Labute approximate surface area is 312 Å². The average molecular weight is 742 g/mol. The largest absolute Gasteiger partial charge is 0.391 e. The van der Waals surface area contributed by atoms with Crippen LogP contribution in [0.4, 0.5) is 0 Å². The minimum atomic E-state index is -3.74. The highest BCUT2D eigenvalue weighted by molar-refractivity contribution is 7.91. The Morgan fingerprint density at radius 3 is 1.85 bits per heavy atom. The highest BCUT2D eigenvalue weighted by Gasteiger charge is 2.54. The van der Waals surface area contributed by atoms with Crippen molar-refractivity contribution >= 4 is 21.4 Å². The second kappa shape index (κ2) is 19.6. The summed E-state index contributed by atoms with van der Waals surface area (Å²) in [5.74, 6) is -3.75. The Bertz CT molecular complexity index is 1560. The number of nitrogens with zero attached hydrogens (tertiary/aromatic N) is 1. The molecule has 0 spiro atoms. The van der Waals surface area contributed by atoms with Gasteiger partial charge in [-0.3, -0.25) is 14.5 Å². The van der Waals surface area contributed by atoms with Crippen molar-refractivity contribution in [2.24, 2.45) is 41.4 Å². The summed E-state index contributed by atoms with van der Waals surface area (Å²) >= 11 is 0. The van der Waals surface area contributed by atoms with Gasteiger partial charge in [-0.15, -0.1) is 0 Å². The molecule has 0 aromatic carbocycles. The minimum absolute atomic E-state index is 0.0761. The van der Waals surface area contributed by atoms with E-state index in [-0.39, 0.29) is 36.3 Å². The molecule has 0 aromatic rings. The van der Waals surface area contributed by atoms with E-state index >= 15 is 0 Å². The first-order valence-corrected chi connectivity index (χ1v) is 20.6. The van der Waals surface area contributed by atoms with Crippen molar-refractivity contribution < 1.29 is 38.4 Å². The lowest BCUT2D eigenvalue weighted by atomic mass is 9.70. The van der Waals surface area contributed by atoms with Crippen LogP contribution in [0.3, 0.4) is 0 Å². The standard InChI is InChI=1S/C42H63NO8S/c1-26(2)13-9-15-28(5)17-11-19-30(7)35-34(44)23-32(38(45)41(35)48)24-43-21-22-52(50,51)25-33-37(43)40(47)36(42(49)39(33)46)31(8)20-12-18-29(6)16-10-14-27(3)4/h9-12,15-20,23,26-29,33-37,40-42,44,47-49H,13-14,21-22,24-25H2,1-8H3/b15-9+,16-10+,17-11+,18-12+,30-19+,31-20+/t28-,29-,33-,34-,35-,36-,37-,40+,41+,42+/m0/s1. The molecule has 52 heavy (non-hydrogen) atoms. The number of Topliss-reactive ketones (excluding diaryl/α,β-unsaturated/α-hetero) is 2. The van der Waals surface area contributed by atoms with Gasteiger partial charge in [0.1, 0.15) is 12.2 Å². The van der Waals surface area contributed by atoms with Crippen molar-refractivity contribution in [1.29, 1.82) is 0 Å². The molecule has 2 fully saturated rings. The molecule has 3 aliphatic rings. The Morgan fingerprint density at radius 2 is 1.33 bits per heavy atom. The van der Waals surface area contributed by atoms with E-state index in [9.17, 15) is 38.4 Å². The van der Waals surface area contributed by atoms with Crippen LogP contribution in [0, 0.1) is 41.4 Å². The number of aliphatic hydroxyl groups excluding tert-OH is 4. The summed E-state index contributed by atoms with van der Waals surface area (Å²) in [5.41, 5.74) is 1.27. The summed E-state index contributed by atoms with van der Waals surface area (Å²) in [6, 6.07) is -1.02. The quantitative estimate of drug-likeness (QED) is 0.143. The summed E-state index contributed by atoms with van der Waals surface area (Å²) in [7, 11) is -3.74. The lowest BCUT2D eigenvalue weighted by Gasteiger charge is -2.46. The predicted molar refractivity (Wildman–Crippen MR) is 208 cm³/mol. The summed E-state index contributed by atoms with van der Waals surface area (Å²) in [5, 5.41) is 45.3. The molecule has 1 heterocycles. The van der Waals surface area contributed by atoms with Crippen LogP contribution in [-0.2, 0) is 19.4 Å². The highest BCUT2D eigenvalue weighted by Crippen LogP contribution is 2.38. The molecule has 0 aromatic heterocycles. The van der Waals surface area contributed by atoms with Gasteiger partial charge in [0.25, 0.3) is 0 Å². The molecular formula is C42H63NO8S. The van der Waals surface area contributed by atoms with Gasteiger partial charge in [-0.25, -0.2) is 8.42 Å². The van der Waals surface area contributed by atoms with Gasteiger partial charge in [0.05, 0.1) is 29.6 Å². The van der Waals surface area contributed by atoms with E-state index in [1.807, 2.05) is 31.2 Å². The number of ketones is 2. The number of allylic oxidation sites excluding steroid dienone is 10. The van der Waals surface area contributed by atoms with E-state index in [1.54, 1.807) is 30.9 Å². The van der Waals surface area contributed by atoms with Crippen molar-refractivity contribution in [2.45, 2.75) is 98.7 Å². The lowest BCUT2D eigenvalue weighted by molar-refractivity contribution is -0.150. The summed E-state index contributed by atoms with van der Waals surface area (Å²) in [6.07, 6.45) is 17.3. The topological polar surface area (TPSA) is 152 Å². The number of sulfone groups is 1. The minimum Gasteiger partial charge on any atom is -0.391 e. The third-order valence-electron chi connectivity index (χ3n) is 10.4. The summed E-state index contributed by atoms with van der Waals surface area (Å²) in [4.78, 5) is 28.9. The molecule has 1 saturated carbocycles. The number of hydrogen-bond acceptors (Lipinski definition) is 9. The van der Waals surface area contributed by atoms with Crippen molar-refractivity contribution in [2.75, 3.05) is 24.6 Å². The second-order valence-corrected chi connectivity index (χ2v) is 18.2. The van der Waals surface area contributed by atoms with Crippen molar-refractivity contribution in [3.8, 4) is 0 Å². The number of fused-ring (bicyclic) bond motifs is 1. The number of rotatable bonds is 14. The van der Waals surface area contributed by atoms with Gasteiger partial charge in [0.15, 0.2) is 21.4 Å². The fourth-order valence-corrected chi connectivity index (χ4v) is 8.95. The maximum absolute atomic E-state index is 13.7. The maximum Gasteiger partial charge on any atom is 0.189 e. The van der Waals surface area contributed by atoms with E-state index in [0.717, 1.165) is 12.8 Å². The normalized spacial score (nSPS) is 32.4. The second-order valence-electron chi connectivity index (χ2n) is 16.0. The summed E-state index contributed by atoms with van der Waals surface area (Å²) < 4.78 is 26.0. The smallest absolute Gasteiger partial charge is 0.189 e. The summed E-state index contributed by atoms with van der Waals surface area (Å²) in [6.45, 7) is 15.9. The molecular weight excluding hydrogens is 679 g/mol.